The van der Waals surface area contributed by atoms with Crippen molar-refractivity contribution >= 4 is 11.9 Å². The van der Waals surface area contributed by atoms with Gasteiger partial charge >= 0.3 is 0 Å². The molecule has 0 bridgehead atoms. The lowest BCUT2D eigenvalue weighted by molar-refractivity contribution is -0.117. The van der Waals surface area contributed by atoms with Gasteiger partial charge < -0.3 is 5.32 Å². The molecule has 2 heterocycles. The molecule has 2 N–H and O–H groups in total. The molecule has 1 aromatic rings. The van der Waals surface area contributed by atoms with Gasteiger partial charge in [0.15, 0.2) is 0 Å². The Morgan fingerprint density at radius 1 is 1.69 bits per heavy atom. The van der Waals surface area contributed by atoms with E-state index >= 15 is 0 Å². The van der Waals surface area contributed by atoms with Crippen LogP contribution in [0.2, 0.25) is 0 Å². The Labute approximate surface area is 93.6 Å². The van der Waals surface area contributed by atoms with Gasteiger partial charge in [0.2, 0.25) is 5.91 Å². The van der Waals surface area contributed by atoms with Gasteiger partial charge in [-0.2, -0.15) is 4.80 Å². The summed E-state index contributed by atoms with van der Waals surface area (Å²) in [6.45, 7) is 1.98. The maximum Gasteiger partial charge on any atom is 0.270 e. The molecule has 1 amide bonds. The third-order valence-electron chi connectivity index (χ3n) is 2.63. The van der Waals surface area contributed by atoms with E-state index in [1.165, 1.54) is 4.80 Å². The second-order valence-electron chi connectivity index (χ2n) is 4.07. The molecule has 1 unspecified atom stereocenters. The standard InChI is InChI=1S/C9H16N6O/c1-15-13-9(12-14-15)11-8(16)5-7-3-2-4-10-6-7/h7,10H,2-6H2,1H3,(H,11,13,16). The van der Waals surface area contributed by atoms with Crippen molar-refractivity contribution in [1.82, 2.24) is 25.5 Å². The van der Waals surface area contributed by atoms with Crippen molar-refractivity contribution < 1.29 is 4.79 Å². The highest BCUT2D eigenvalue weighted by molar-refractivity contribution is 5.88. The normalized spacial score (nSPS) is 20.7. The van der Waals surface area contributed by atoms with Crippen LogP contribution in [0, 0.1) is 5.92 Å². The zero-order chi connectivity index (χ0) is 11.4. The second kappa shape index (κ2) is 5.02. The summed E-state index contributed by atoms with van der Waals surface area (Å²) in [5.41, 5.74) is 0. The molecule has 7 nitrogen and oxygen atoms in total. The number of hydrogen-bond acceptors (Lipinski definition) is 5. The molecule has 2 rings (SSSR count). The van der Waals surface area contributed by atoms with Crippen molar-refractivity contribution in [2.75, 3.05) is 18.4 Å². The first-order valence-electron chi connectivity index (χ1n) is 5.48. The fourth-order valence-corrected chi connectivity index (χ4v) is 1.87. The van der Waals surface area contributed by atoms with Gasteiger partial charge in [0.25, 0.3) is 5.95 Å². The summed E-state index contributed by atoms with van der Waals surface area (Å²) >= 11 is 0. The van der Waals surface area contributed by atoms with Crippen LogP contribution in [0.25, 0.3) is 0 Å². The van der Waals surface area contributed by atoms with Crippen LogP contribution >= 0.6 is 0 Å². The lowest BCUT2D eigenvalue weighted by Gasteiger charge is -2.21. The predicted octanol–water partition coefficient (Wildman–Crippen LogP) is -0.462. The van der Waals surface area contributed by atoms with Crippen LogP contribution < -0.4 is 10.6 Å². The summed E-state index contributed by atoms with van der Waals surface area (Å²) in [5.74, 6) is 0.656. The Bertz CT molecular complexity index is 357. The van der Waals surface area contributed by atoms with E-state index < -0.39 is 0 Å². The van der Waals surface area contributed by atoms with E-state index in [0.29, 0.717) is 12.3 Å². The Balaban J connectivity index is 1.79. The highest BCUT2D eigenvalue weighted by atomic mass is 16.1. The van der Waals surface area contributed by atoms with Crippen LogP contribution in [0.1, 0.15) is 19.3 Å². The molecule has 0 aromatic carbocycles. The average Bonchev–Trinajstić information content (AvgIpc) is 2.65. The minimum atomic E-state index is -0.0401. The van der Waals surface area contributed by atoms with Crippen LogP contribution in [0.5, 0.6) is 0 Å². The number of anilines is 1. The van der Waals surface area contributed by atoms with Crippen molar-refractivity contribution in [1.29, 1.82) is 0 Å². The largest absolute Gasteiger partial charge is 0.316 e. The third kappa shape index (κ3) is 2.99. The van der Waals surface area contributed by atoms with Crippen LogP contribution in [-0.4, -0.2) is 39.2 Å². The Hall–Kier alpha value is -1.50. The first-order chi connectivity index (χ1) is 7.74. The summed E-state index contributed by atoms with van der Waals surface area (Å²) in [7, 11) is 1.66. The van der Waals surface area contributed by atoms with Crippen molar-refractivity contribution in [2.24, 2.45) is 13.0 Å². The van der Waals surface area contributed by atoms with Gasteiger partial charge in [-0.05, 0) is 37.1 Å². The summed E-state index contributed by atoms with van der Waals surface area (Å²) in [6.07, 6.45) is 2.76. The molecule has 1 aliphatic heterocycles. The molecule has 0 spiro atoms. The number of aryl methyl sites for hydroxylation is 1. The molecule has 0 aliphatic carbocycles. The summed E-state index contributed by atoms with van der Waals surface area (Å²) in [4.78, 5) is 13.0. The van der Waals surface area contributed by atoms with E-state index in [9.17, 15) is 4.79 Å². The molecule has 16 heavy (non-hydrogen) atoms. The summed E-state index contributed by atoms with van der Waals surface area (Å²) < 4.78 is 0. The maximum absolute atomic E-state index is 11.6. The molecule has 1 aliphatic rings. The number of aromatic nitrogens is 4. The van der Waals surface area contributed by atoms with Crippen LogP contribution in [-0.2, 0) is 11.8 Å². The first-order valence-corrected chi connectivity index (χ1v) is 5.48. The first kappa shape index (κ1) is 11.0. The Morgan fingerprint density at radius 2 is 2.56 bits per heavy atom. The van der Waals surface area contributed by atoms with E-state index in [2.05, 4.69) is 26.0 Å². The van der Waals surface area contributed by atoms with Crippen LogP contribution in [0.4, 0.5) is 5.95 Å². The minimum Gasteiger partial charge on any atom is -0.316 e. The molecule has 1 fully saturated rings. The second-order valence-corrected chi connectivity index (χ2v) is 4.07. The molecule has 88 valence electrons. The SMILES string of the molecule is Cn1nnc(NC(=O)CC2CCCNC2)n1. The topological polar surface area (TPSA) is 84.7 Å². The van der Waals surface area contributed by atoms with Crippen LogP contribution in [0.15, 0.2) is 0 Å². The molecule has 7 heteroatoms. The lowest BCUT2D eigenvalue weighted by Crippen LogP contribution is -2.32. The molecular formula is C9H16N6O. The molecule has 0 radical (unpaired) electrons. The van der Waals surface area contributed by atoms with Crippen molar-refractivity contribution in [3.63, 3.8) is 0 Å². The quantitative estimate of drug-likeness (QED) is 0.725. The van der Waals surface area contributed by atoms with E-state index in [1.54, 1.807) is 7.05 Å². The number of amides is 1. The number of nitrogens with one attached hydrogen (secondary N) is 2. The number of carbonyl (C=O) groups excluding carboxylic acids is 1. The minimum absolute atomic E-state index is 0.0401. The highest BCUT2D eigenvalue weighted by Crippen LogP contribution is 2.14. The monoisotopic (exact) mass is 224 g/mol. The Morgan fingerprint density at radius 3 is 3.19 bits per heavy atom. The van der Waals surface area contributed by atoms with Gasteiger partial charge in [0.1, 0.15) is 0 Å². The molecule has 1 aromatic heterocycles. The lowest BCUT2D eigenvalue weighted by atomic mass is 9.96. The van der Waals surface area contributed by atoms with E-state index in [1.807, 2.05) is 0 Å². The smallest absolute Gasteiger partial charge is 0.270 e. The van der Waals surface area contributed by atoms with Crippen molar-refractivity contribution in [3.05, 3.63) is 0 Å². The Kier molecular flexibility index (Phi) is 3.45. The fourth-order valence-electron chi connectivity index (χ4n) is 1.87. The predicted molar refractivity (Wildman–Crippen MR) is 57.6 cm³/mol. The van der Waals surface area contributed by atoms with Gasteiger partial charge in [-0.1, -0.05) is 5.10 Å². The molecule has 1 atom stereocenters. The summed E-state index contributed by atoms with van der Waals surface area (Å²) in [5, 5.41) is 17.2. The van der Waals surface area contributed by atoms with E-state index in [0.717, 1.165) is 25.9 Å². The number of tetrazole rings is 1. The fraction of sp³-hybridized carbons (Fsp3) is 0.778. The van der Waals surface area contributed by atoms with Gasteiger partial charge in [0.05, 0.1) is 7.05 Å². The number of nitrogens with zero attached hydrogens (tertiary/aromatic N) is 4. The highest BCUT2D eigenvalue weighted by Gasteiger charge is 2.17. The number of rotatable bonds is 3. The molecule has 1 saturated heterocycles. The van der Waals surface area contributed by atoms with Gasteiger partial charge in [-0.25, -0.2) is 0 Å². The van der Waals surface area contributed by atoms with Gasteiger partial charge in [0, 0.05) is 6.42 Å². The number of hydrogen-bond donors (Lipinski definition) is 2. The maximum atomic E-state index is 11.6. The summed E-state index contributed by atoms with van der Waals surface area (Å²) in [6, 6.07) is 0. The third-order valence-corrected chi connectivity index (χ3v) is 2.63. The zero-order valence-corrected chi connectivity index (χ0v) is 9.31. The van der Waals surface area contributed by atoms with E-state index in [-0.39, 0.29) is 11.9 Å². The van der Waals surface area contributed by atoms with Gasteiger partial charge in [-0.15, -0.1) is 5.10 Å². The average molecular weight is 224 g/mol. The van der Waals surface area contributed by atoms with Crippen molar-refractivity contribution in [2.45, 2.75) is 19.3 Å². The zero-order valence-electron chi connectivity index (χ0n) is 9.31. The van der Waals surface area contributed by atoms with E-state index in [4.69, 9.17) is 0 Å². The molecule has 0 saturated carbocycles. The van der Waals surface area contributed by atoms with Crippen molar-refractivity contribution in [3.8, 4) is 0 Å². The van der Waals surface area contributed by atoms with Gasteiger partial charge in [-0.3, -0.25) is 10.1 Å². The number of piperidine rings is 1. The molecular weight excluding hydrogens is 208 g/mol. The van der Waals surface area contributed by atoms with Crippen LogP contribution in [0.3, 0.4) is 0 Å². The number of carbonyl (C=O) groups is 1.